The van der Waals surface area contributed by atoms with E-state index in [-0.39, 0.29) is 11.6 Å². The maximum absolute atomic E-state index is 13.5. The molecule has 0 spiro atoms. The predicted molar refractivity (Wildman–Crippen MR) is 133 cm³/mol. The van der Waals surface area contributed by atoms with Gasteiger partial charge in [0.25, 0.3) is 5.69 Å². The molecular formula is C27H23N3O5. The molecule has 35 heavy (non-hydrogen) atoms. The Hall–Kier alpha value is -4.33. The van der Waals surface area contributed by atoms with Crippen LogP contribution in [0.15, 0.2) is 75.9 Å². The number of anilines is 2. The molecule has 8 heteroatoms. The fourth-order valence-electron chi connectivity index (χ4n) is 5.80. The molecule has 0 fully saturated rings. The standard InChI is InChI=1S/C27H23N3O5/c1-26(2)23-19-14-17(34-3)12-13-20(19)28-27(26,15-8-10-16(11-9-15)30(32)33)29-24-18-6-4-5-7-21(18)35-25(31)22(23)24/h4-14,23,28-29H,1-3H3/t23-,27+/m1/s1. The van der Waals surface area contributed by atoms with Gasteiger partial charge in [-0.1, -0.05) is 26.0 Å². The van der Waals surface area contributed by atoms with Crippen molar-refractivity contribution in [3.05, 3.63) is 104 Å². The van der Waals surface area contributed by atoms with Crippen LogP contribution in [0.5, 0.6) is 5.75 Å². The second-order valence-electron chi connectivity index (χ2n) is 9.59. The first-order valence-electron chi connectivity index (χ1n) is 11.3. The third kappa shape index (κ3) is 2.76. The number of nitrogens with one attached hydrogen (secondary N) is 2. The fraction of sp³-hybridized carbons (Fsp3) is 0.222. The first-order chi connectivity index (χ1) is 16.8. The van der Waals surface area contributed by atoms with Crippen LogP contribution in [0.4, 0.5) is 17.1 Å². The van der Waals surface area contributed by atoms with E-state index in [1.54, 1.807) is 25.3 Å². The van der Waals surface area contributed by atoms with E-state index < -0.39 is 21.6 Å². The van der Waals surface area contributed by atoms with Crippen molar-refractivity contribution in [3.63, 3.8) is 0 Å². The number of fused-ring (bicyclic) bond motifs is 8. The number of hydrogen-bond acceptors (Lipinski definition) is 7. The summed E-state index contributed by atoms with van der Waals surface area (Å²) in [7, 11) is 1.61. The molecule has 0 saturated heterocycles. The third-order valence-electron chi connectivity index (χ3n) is 7.54. The number of para-hydroxylation sites is 1. The number of nitrogens with zero attached hydrogens (tertiary/aromatic N) is 1. The maximum Gasteiger partial charge on any atom is 0.342 e. The molecule has 2 atom stereocenters. The molecule has 8 nitrogen and oxygen atoms in total. The van der Waals surface area contributed by atoms with Gasteiger partial charge in [-0.05, 0) is 53.6 Å². The Balaban J connectivity index is 1.71. The largest absolute Gasteiger partial charge is 0.497 e. The summed E-state index contributed by atoms with van der Waals surface area (Å²) in [6.07, 6.45) is 0. The second-order valence-corrected chi connectivity index (χ2v) is 9.59. The highest BCUT2D eigenvalue weighted by molar-refractivity contribution is 5.94. The van der Waals surface area contributed by atoms with Crippen LogP contribution in [-0.4, -0.2) is 12.0 Å². The summed E-state index contributed by atoms with van der Waals surface area (Å²) < 4.78 is 11.3. The number of rotatable bonds is 3. The molecule has 176 valence electrons. The van der Waals surface area contributed by atoms with Crippen molar-refractivity contribution in [2.45, 2.75) is 25.4 Å². The lowest BCUT2D eigenvalue weighted by Crippen LogP contribution is -2.62. The van der Waals surface area contributed by atoms with E-state index in [0.717, 1.165) is 22.2 Å². The van der Waals surface area contributed by atoms with Gasteiger partial charge in [0.1, 0.15) is 17.0 Å². The van der Waals surface area contributed by atoms with Crippen LogP contribution in [0.1, 0.15) is 36.5 Å². The number of methoxy groups -OCH3 is 1. The van der Waals surface area contributed by atoms with Gasteiger partial charge in [-0.25, -0.2) is 4.79 Å². The lowest BCUT2D eigenvalue weighted by molar-refractivity contribution is -0.384. The fourth-order valence-corrected chi connectivity index (χ4v) is 5.80. The van der Waals surface area contributed by atoms with Gasteiger partial charge in [-0.3, -0.25) is 10.1 Å². The average molecular weight is 469 g/mol. The summed E-state index contributed by atoms with van der Waals surface area (Å²) in [6.45, 7) is 4.16. The van der Waals surface area contributed by atoms with Crippen LogP contribution in [0.25, 0.3) is 11.0 Å². The maximum atomic E-state index is 13.5. The van der Waals surface area contributed by atoms with Crippen LogP contribution >= 0.6 is 0 Å². The molecule has 3 heterocycles. The zero-order valence-corrected chi connectivity index (χ0v) is 19.4. The summed E-state index contributed by atoms with van der Waals surface area (Å²) in [6, 6.07) is 19.7. The molecule has 2 bridgehead atoms. The van der Waals surface area contributed by atoms with Crippen LogP contribution < -0.4 is 21.0 Å². The summed E-state index contributed by atoms with van der Waals surface area (Å²) in [4.78, 5) is 24.4. The topological polar surface area (TPSA) is 107 Å². The first kappa shape index (κ1) is 21.2. The van der Waals surface area contributed by atoms with Gasteiger partial charge in [0.15, 0.2) is 0 Å². The molecular weight excluding hydrogens is 446 g/mol. The van der Waals surface area contributed by atoms with Gasteiger partial charge in [0.2, 0.25) is 0 Å². The van der Waals surface area contributed by atoms with Crippen LogP contribution in [-0.2, 0) is 5.66 Å². The Bertz CT molecular complexity index is 1570. The number of hydrogen-bond donors (Lipinski definition) is 2. The molecule has 0 saturated carbocycles. The molecule has 6 rings (SSSR count). The summed E-state index contributed by atoms with van der Waals surface area (Å²) >= 11 is 0. The van der Waals surface area contributed by atoms with Crippen LogP contribution in [0.3, 0.4) is 0 Å². The van der Waals surface area contributed by atoms with Gasteiger partial charge in [0.05, 0.1) is 23.3 Å². The monoisotopic (exact) mass is 469 g/mol. The minimum atomic E-state index is -0.877. The Kier molecular flexibility index (Phi) is 4.30. The molecule has 0 aliphatic carbocycles. The van der Waals surface area contributed by atoms with E-state index in [1.165, 1.54) is 12.1 Å². The molecule has 4 aromatic rings. The number of non-ortho nitro benzene ring substituents is 1. The van der Waals surface area contributed by atoms with Gasteiger partial charge < -0.3 is 19.8 Å². The summed E-state index contributed by atoms with van der Waals surface area (Å²) in [5.41, 5.74) is 2.48. The van der Waals surface area contributed by atoms with E-state index in [4.69, 9.17) is 9.15 Å². The van der Waals surface area contributed by atoms with Crippen LogP contribution in [0.2, 0.25) is 0 Å². The number of ether oxygens (including phenoxy) is 1. The normalized spacial score (nSPS) is 21.3. The number of benzene rings is 3. The van der Waals surface area contributed by atoms with Crippen molar-refractivity contribution >= 4 is 28.0 Å². The smallest absolute Gasteiger partial charge is 0.342 e. The quantitative estimate of drug-likeness (QED) is 0.229. The SMILES string of the molecule is COc1ccc2c(c1)[C@@H]1c3c(c4ccccc4oc3=O)N[C@](c3ccc([N+](=O)[O-])cc3)(N2)C1(C)C. The molecule has 2 aliphatic rings. The molecule has 0 radical (unpaired) electrons. The minimum absolute atomic E-state index is 0.0164. The highest BCUT2D eigenvalue weighted by Gasteiger charge is 2.60. The molecule has 1 aromatic heterocycles. The van der Waals surface area contributed by atoms with Crippen molar-refractivity contribution in [3.8, 4) is 5.75 Å². The Morgan fingerprint density at radius 3 is 2.49 bits per heavy atom. The molecule has 0 amide bonds. The predicted octanol–water partition coefficient (Wildman–Crippen LogP) is 5.57. The molecule has 2 N–H and O–H groups in total. The van der Waals surface area contributed by atoms with Crippen molar-refractivity contribution in [1.29, 1.82) is 0 Å². The average Bonchev–Trinajstić information content (AvgIpc) is 2.84. The van der Waals surface area contributed by atoms with E-state index in [9.17, 15) is 14.9 Å². The van der Waals surface area contributed by atoms with E-state index >= 15 is 0 Å². The molecule has 0 unspecified atom stereocenters. The van der Waals surface area contributed by atoms with Gasteiger partial charge in [-0.2, -0.15) is 0 Å². The van der Waals surface area contributed by atoms with Crippen molar-refractivity contribution < 1.29 is 14.1 Å². The van der Waals surface area contributed by atoms with Crippen LogP contribution in [0, 0.1) is 15.5 Å². The van der Waals surface area contributed by atoms with Gasteiger partial charge >= 0.3 is 5.63 Å². The van der Waals surface area contributed by atoms with Gasteiger partial charge in [0, 0.05) is 34.5 Å². The Morgan fingerprint density at radius 1 is 1.03 bits per heavy atom. The highest BCUT2D eigenvalue weighted by Crippen LogP contribution is 2.62. The minimum Gasteiger partial charge on any atom is -0.497 e. The van der Waals surface area contributed by atoms with Gasteiger partial charge in [-0.15, -0.1) is 0 Å². The highest BCUT2D eigenvalue weighted by atomic mass is 16.6. The van der Waals surface area contributed by atoms with Crippen molar-refractivity contribution in [2.24, 2.45) is 5.41 Å². The van der Waals surface area contributed by atoms with Crippen molar-refractivity contribution in [1.82, 2.24) is 0 Å². The number of nitro benzene ring substituents is 1. The second kappa shape index (κ2) is 7.09. The van der Waals surface area contributed by atoms with Crippen molar-refractivity contribution in [2.75, 3.05) is 17.7 Å². The van der Waals surface area contributed by atoms with E-state index in [0.29, 0.717) is 22.6 Å². The molecule has 2 aliphatic heterocycles. The first-order valence-corrected chi connectivity index (χ1v) is 11.3. The lowest BCUT2D eigenvalue weighted by Gasteiger charge is -2.59. The summed E-state index contributed by atoms with van der Waals surface area (Å²) in [5, 5.41) is 19.5. The summed E-state index contributed by atoms with van der Waals surface area (Å²) in [5.74, 6) is 0.343. The van der Waals surface area contributed by atoms with E-state index in [2.05, 4.69) is 24.5 Å². The van der Waals surface area contributed by atoms with E-state index in [1.807, 2.05) is 36.4 Å². The zero-order chi connectivity index (χ0) is 24.5. The Morgan fingerprint density at radius 2 is 1.77 bits per heavy atom. The zero-order valence-electron chi connectivity index (χ0n) is 19.4. The number of nitro groups is 1. The Labute approximate surface area is 200 Å². The third-order valence-corrected chi connectivity index (χ3v) is 7.54. The molecule has 3 aromatic carbocycles. The lowest BCUT2D eigenvalue weighted by atomic mass is 9.57.